The first-order chi connectivity index (χ1) is 33.7. The minimum Gasteiger partial charge on any atom is -0.309 e. The number of para-hydroxylation sites is 2. The highest BCUT2D eigenvalue weighted by molar-refractivity contribution is 6.18. The Bertz CT molecular complexity index is 4320. The molecule has 5 nitrogen and oxygen atoms in total. The van der Waals surface area contributed by atoms with Crippen molar-refractivity contribution in [2.75, 3.05) is 0 Å². The molecule has 3 aromatic heterocycles. The lowest BCUT2D eigenvalue weighted by atomic mass is 9.99. The summed E-state index contributed by atoms with van der Waals surface area (Å²) in [6.45, 7) is 0. The molecule has 11 aromatic carbocycles. The molecule has 0 N–H and O–H groups in total. The Morgan fingerprint density at radius 2 is 0.691 bits per heavy atom. The van der Waals surface area contributed by atoms with E-state index in [9.17, 15) is 0 Å². The first kappa shape index (κ1) is 38.1. The van der Waals surface area contributed by atoms with Crippen molar-refractivity contribution < 1.29 is 0 Å². The Kier molecular flexibility index (Phi) is 8.52. The van der Waals surface area contributed by atoms with Crippen molar-refractivity contribution in [3.8, 4) is 56.7 Å². The first-order valence-electron chi connectivity index (χ1n) is 23.1. The second kappa shape index (κ2) is 15.2. The van der Waals surface area contributed by atoms with E-state index in [1.807, 2.05) is 24.3 Å². The second-order valence-electron chi connectivity index (χ2n) is 17.6. The topological polar surface area (TPSA) is 48.5 Å². The summed E-state index contributed by atoms with van der Waals surface area (Å²) >= 11 is 0. The Balaban J connectivity index is 0.981. The van der Waals surface area contributed by atoms with E-state index in [2.05, 4.69) is 221 Å². The number of hydrogen-bond acceptors (Lipinski definition) is 3. The van der Waals surface area contributed by atoms with Crippen molar-refractivity contribution in [1.82, 2.24) is 24.1 Å². The van der Waals surface area contributed by atoms with E-state index in [4.69, 9.17) is 15.0 Å². The lowest BCUT2D eigenvalue weighted by Gasteiger charge is -2.16. The highest BCUT2D eigenvalue weighted by Gasteiger charge is 2.21. The number of nitrogens with zero attached hydrogens (tertiary/aromatic N) is 5. The van der Waals surface area contributed by atoms with Gasteiger partial charge in [0.1, 0.15) is 0 Å². The Labute approximate surface area is 391 Å². The molecule has 0 aliphatic carbocycles. The molecule has 0 bridgehead atoms. The van der Waals surface area contributed by atoms with E-state index < -0.39 is 0 Å². The van der Waals surface area contributed by atoms with Crippen molar-refractivity contribution in [1.29, 1.82) is 0 Å². The molecule has 68 heavy (non-hydrogen) atoms. The number of fused-ring (bicyclic) bond motifs is 9. The lowest BCUT2D eigenvalue weighted by molar-refractivity contribution is 1.08. The van der Waals surface area contributed by atoms with E-state index in [1.165, 1.54) is 54.1 Å². The van der Waals surface area contributed by atoms with Crippen molar-refractivity contribution in [2.24, 2.45) is 0 Å². The molecule has 0 radical (unpaired) electrons. The van der Waals surface area contributed by atoms with Crippen molar-refractivity contribution in [3.63, 3.8) is 0 Å². The third-order valence-corrected chi connectivity index (χ3v) is 13.7. The van der Waals surface area contributed by atoms with E-state index in [0.717, 1.165) is 61.0 Å². The standard InChI is InChI=1S/C63H39N5/c1-3-18-40(19-4-1)45-25-9-10-28-50(45)62-64-61(41-20-5-2-6-21-41)65-63(66-62)51-31-16-30-47-46(51)29-17-35-57(47)67-56-33-14-12-27-49(56)54-39-52-44(38-60(54)67)24-15-34-58(52)68-55-32-13-11-26-48(55)53-36-42-22-7-8-23-43(42)37-59(53)68/h1-39H. The van der Waals surface area contributed by atoms with Gasteiger partial charge in [-0.25, -0.2) is 15.0 Å². The van der Waals surface area contributed by atoms with Crippen LogP contribution in [-0.4, -0.2) is 24.1 Å². The van der Waals surface area contributed by atoms with E-state index in [1.54, 1.807) is 0 Å². The molecule has 316 valence electrons. The van der Waals surface area contributed by atoms with Crippen molar-refractivity contribution in [2.45, 2.75) is 0 Å². The number of rotatable bonds is 6. The zero-order valence-electron chi connectivity index (χ0n) is 36.8. The highest BCUT2D eigenvalue weighted by atomic mass is 15.0. The van der Waals surface area contributed by atoms with Gasteiger partial charge in [-0.15, -0.1) is 0 Å². The van der Waals surface area contributed by atoms with Crippen molar-refractivity contribution in [3.05, 3.63) is 237 Å². The predicted molar refractivity (Wildman–Crippen MR) is 283 cm³/mol. The van der Waals surface area contributed by atoms with E-state index in [0.29, 0.717) is 17.5 Å². The van der Waals surface area contributed by atoms with Crippen LogP contribution in [0.5, 0.6) is 0 Å². The Hall–Kier alpha value is -9.19. The molecule has 0 aliphatic rings. The molecule has 5 heteroatoms. The smallest absolute Gasteiger partial charge is 0.164 e. The Morgan fingerprint density at radius 3 is 1.41 bits per heavy atom. The molecular weight excluding hydrogens is 827 g/mol. The fourth-order valence-corrected chi connectivity index (χ4v) is 10.7. The van der Waals surface area contributed by atoms with Gasteiger partial charge in [0.25, 0.3) is 0 Å². The highest BCUT2D eigenvalue weighted by Crippen LogP contribution is 2.42. The van der Waals surface area contributed by atoms with Crippen LogP contribution in [0.3, 0.4) is 0 Å². The third-order valence-electron chi connectivity index (χ3n) is 13.7. The van der Waals surface area contributed by atoms with Crippen LogP contribution in [0.25, 0.3) is 133 Å². The summed E-state index contributed by atoms with van der Waals surface area (Å²) in [5.41, 5.74) is 11.9. The van der Waals surface area contributed by atoms with Gasteiger partial charge >= 0.3 is 0 Å². The fourth-order valence-electron chi connectivity index (χ4n) is 10.7. The SMILES string of the molecule is c1ccc(-c2nc(-c3ccccc3-c3ccccc3)nc(-c3cccc4c(-n5c6ccccc6c6cc7c(-n8c9ccccc9c9cc%10ccccc%10cc98)cccc7cc65)cccc34)n2)cc1. The minimum absolute atomic E-state index is 0.623. The molecule has 0 fully saturated rings. The lowest BCUT2D eigenvalue weighted by Crippen LogP contribution is -2.02. The molecule has 0 unspecified atom stereocenters. The van der Waals surface area contributed by atoms with Crippen LogP contribution in [0.2, 0.25) is 0 Å². The summed E-state index contributed by atoms with van der Waals surface area (Å²) in [5, 5.41) is 11.9. The van der Waals surface area contributed by atoms with Crippen LogP contribution in [0.15, 0.2) is 237 Å². The monoisotopic (exact) mass is 865 g/mol. The maximum atomic E-state index is 5.31. The zero-order chi connectivity index (χ0) is 44.7. The summed E-state index contributed by atoms with van der Waals surface area (Å²) in [6, 6.07) is 84.6. The molecule has 0 amide bonds. The van der Waals surface area contributed by atoms with Gasteiger partial charge in [-0.2, -0.15) is 0 Å². The van der Waals surface area contributed by atoms with Crippen LogP contribution in [0.4, 0.5) is 0 Å². The normalized spacial score (nSPS) is 11.8. The summed E-state index contributed by atoms with van der Waals surface area (Å²) in [7, 11) is 0. The van der Waals surface area contributed by atoms with Crippen LogP contribution >= 0.6 is 0 Å². The molecule has 0 atom stereocenters. The first-order valence-corrected chi connectivity index (χ1v) is 23.1. The summed E-state index contributed by atoms with van der Waals surface area (Å²) < 4.78 is 4.91. The van der Waals surface area contributed by atoms with Gasteiger partial charge in [-0.3, -0.25) is 0 Å². The van der Waals surface area contributed by atoms with Crippen LogP contribution < -0.4 is 0 Å². The maximum Gasteiger partial charge on any atom is 0.164 e. The maximum absolute atomic E-state index is 5.31. The predicted octanol–water partition coefficient (Wildman–Crippen LogP) is 16.2. The zero-order valence-corrected chi connectivity index (χ0v) is 36.8. The third kappa shape index (κ3) is 5.93. The van der Waals surface area contributed by atoms with Crippen LogP contribution in [0, 0.1) is 0 Å². The van der Waals surface area contributed by atoms with Crippen LogP contribution in [0.1, 0.15) is 0 Å². The van der Waals surface area contributed by atoms with Crippen LogP contribution in [-0.2, 0) is 0 Å². The summed E-state index contributed by atoms with van der Waals surface area (Å²) in [5.74, 6) is 1.88. The van der Waals surface area contributed by atoms with E-state index in [-0.39, 0.29) is 0 Å². The van der Waals surface area contributed by atoms with Gasteiger partial charge in [0, 0.05) is 49.0 Å². The molecule has 3 heterocycles. The van der Waals surface area contributed by atoms with Gasteiger partial charge in [0.15, 0.2) is 17.5 Å². The number of aromatic nitrogens is 5. The number of benzene rings is 11. The Morgan fingerprint density at radius 1 is 0.235 bits per heavy atom. The van der Waals surface area contributed by atoms with Gasteiger partial charge in [0.05, 0.1) is 33.4 Å². The van der Waals surface area contributed by atoms with Crippen molar-refractivity contribution >= 4 is 75.9 Å². The molecular formula is C63H39N5. The minimum atomic E-state index is 0.623. The average Bonchev–Trinajstić information content (AvgIpc) is 3.90. The van der Waals surface area contributed by atoms with Gasteiger partial charge in [-0.05, 0) is 81.2 Å². The number of hydrogen-bond donors (Lipinski definition) is 0. The quantitative estimate of drug-likeness (QED) is 0.167. The van der Waals surface area contributed by atoms with E-state index >= 15 is 0 Å². The molecule has 0 saturated carbocycles. The second-order valence-corrected chi connectivity index (χ2v) is 17.6. The molecule has 0 aliphatic heterocycles. The molecule has 0 spiro atoms. The average molecular weight is 866 g/mol. The van der Waals surface area contributed by atoms with Gasteiger partial charge in [-0.1, -0.05) is 188 Å². The molecule has 0 saturated heterocycles. The molecule has 14 aromatic rings. The van der Waals surface area contributed by atoms with Gasteiger partial charge in [0.2, 0.25) is 0 Å². The largest absolute Gasteiger partial charge is 0.309 e. The molecule has 14 rings (SSSR count). The summed E-state index contributed by atoms with van der Waals surface area (Å²) in [4.78, 5) is 15.7. The van der Waals surface area contributed by atoms with Gasteiger partial charge < -0.3 is 9.13 Å². The summed E-state index contributed by atoms with van der Waals surface area (Å²) in [6.07, 6.45) is 0. The fraction of sp³-hybridized carbons (Fsp3) is 0.